The van der Waals surface area contributed by atoms with Crippen LogP contribution in [0.2, 0.25) is 0 Å². The Morgan fingerprint density at radius 2 is 1.61 bits per heavy atom. The molecule has 112 valence electrons. The molecule has 2 heterocycles. The Kier molecular flexibility index (Phi) is 3.48. The molecule has 0 saturated heterocycles. The summed E-state index contributed by atoms with van der Waals surface area (Å²) >= 11 is 0. The zero-order valence-electron chi connectivity index (χ0n) is 12.5. The zero-order chi connectivity index (χ0) is 15.5. The molecule has 4 nitrogen and oxygen atoms in total. The van der Waals surface area contributed by atoms with Crippen LogP contribution in [0.15, 0.2) is 79.0 Å². The van der Waals surface area contributed by atoms with Gasteiger partial charge in [0.1, 0.15) is 12.4 Å². The molecule has 0 saturated carbocycles. The molecule has 23 heavy (non-hydrogen) atoms. The molecule has 0 aliphatic heterocycles. The van der Waals surface area contributed by atoms with Gasteiger partial charge in [0.2, 0.25) is 0 Å². The van der Waals surface area contributed by atoms with Crippen molar-refractivity contribution >= 4 is 5.65 Å². The van der Waals surface area contributed by atoms with E-state index in [1.807, 2.05) is 79.0 Å². The van der Waals surface area contributed by atoms with E-state index in [2.05, 4.69) is 10.1 Å². The van der Waals surface area contributed by atoms with E-state index in [9.17, 15) is 0 Å². The summed E-state index contributed by atoms with van der Waals surface area (Å²) in [6.45, 7) is 0.538. The molecule has 0 aliphatic carbocycles. The minimum atomic E-state index is 0.538. The summed E-state index contributed by atoms with van der Waals surface area (Å²) < 4.78 is 7.60. The average molecular weight is 301 g/mol. The van der Waals surface area contributed by atoms with Gasteiger partial charge in [-0.05, 0) is 11.6 Å². The number of ether oxygens (including phenoxy) is 1. The van der Waals surface area contributed by atoms with E-state index in [0.717, 1.165) is 22.5 Å². The SMILES string of the molecule is c1ccc(COc2ccn3nc(-c4ccccc4)nc3c2)cc1. The third-order valence-corrected chi connectivity index (χ3v) is 3.59. The van der Waals surface area contributed by atoms with E-state index in [4.69, 9.17) is 4.74 Å². The summed E-state index contributed by atoms with van der Waals surface area (Å²) in [5, 5.41) is 4.49. The molecule has 0 atom stereocenters. The van der Waals surface area contributed by atoms with Gasteiger partial charge >= 0.3 is 0 Å². The summed E-state index contributed by atoms with van der Waals surface area (Å²) in [4.78, 5) is 4.57. The summed E-state index contributed by atoms with van der Waals surface area (Å²) in [6, 6.07) is 23.9. The van der Waals surface area contributed by atoms with Crippen LogP contribution in [0.3, 0.4) is 0 Å². The van der Waals surface area contributed by atoms with Crippen molar-refractivity contribution in [1.82, 2.24) is 14.6 Å². The maximum Gasteiger partial charge on any atom is 0.182 e. The Bertz CT molecular complexity index is 917. The Morgan fingerprint density at radius 1 is 0.870 bits per heavy atom. The number of benzene rings is 2. The second kappa shape index (κ2) is 5.93. The van der Waals surface area contributed by atoms with Gasteiger partial charge in [-0.3, -0.25) is 0 Å². The van der Waals surface area contributed by atoms with Crippen molar-refractivity contribution in [3.63, 3.8) is 0 Å². The molecular formula is C19H15N3O. The minimum absolute atomic E-state index is 0.538. The van der Waals surface area contributed by atoms with Crippen molar-refractivity contribution in [2.24, 2.45) is 0 Å². The van der Waals surface area contributed by atoms with Crippen molar-refractivity contribution in [2.45, 2.75) is 6.61 Å². The Balaban J connectivity index is 1.58. The van der Waals surface area contributed by atoms with Gasteiger partial charge in [0.25, 0.3) is 0 Å². The quantitative estimate of drug-likeness (QED) is 0.572. The molecule has 4 rings (SSSR count). The number of hydrogen-bond donors (Lipinski definition) is 0. The number of aromatic nitrogens is 3. The van der Waals surface area contributed by atoms with Crippen molar-refractivity contribution in [3.05, 3.63) is 84.6 Å². The highest BCUT2D eigenvalue weighted by molar-refractivity contribution is 5.58. The lowest BCUT2D eigenvalue weighted by atomic mass is 10.2. The molecule has 0 bridgehead atoms. The van der Waals surface area contributed by atoms with E-state index < -0.39 is 0 Å². The number of rotatable bonds is 4. The number of nitrogens with zero attached hydrogens (tertiary/aromatic N) is 3. The summed E-state index contributed by atoms with van der Waals surface area (Å²) in [6.07, 6.45) is 1.87. The maximum absolute atomic E-state index is 5.83. The third kappa shape index (κ3) is 2.92. The van der Waals surface area contributed by atoms with E-state index in [-0.39, 0.29) is 0 Å². The fourth-order valence-electron chi connectivity index (χ4n) is 2.40. The normalized spacial score (nSPS) is 10.8. The summed E-state index contributed by atoms with van der Waals surface area (Å²) in [5.74, 6) is 1.50. The van der Waals surface area contributed by atoms with Crippen LogP contribution in [0, 0.1) is 0 Å². The molecule has 0 amide bonds. The van der Waals surface area contributed by atoms with Crippen LogP contribution >= 0.6 is 0 Å². The van der Waals surface area contributed by atoms with Crippen molar-refractivity contribution in [3.8, 4) is 17.1 Å². The average Bonchev–Trinajstić information content (AvgIpc) is 3.05. The fraction of sp³-hybridized carbons (Fsp3) is 0.0526. The molecule has 0 spiro atoms. The molecule has 0 unspecified atom stereocenters. The van der Waals surface area contributed by atoms with Crippen LogP contribution in [-0.2, 0) is 6.61 Å². The molecule has 2 aromatic heterocycles. The monoisotopic (exact) mass is 301 g/mol. The standard InChI is InChI=1S/C19H15N3O/c1-3-7-15(8-4-1)14-23-17-11-12-22-18(13-17)20-19(21-22)16-9-5-2-6-10-16/h1-13H,14H2. The first-order chi connectivity index (χ1) is 11.4. The lowest BCUT2D eigenvalue weighted by molar-refractivity contribution is 0.306. The Labute approximate surface area is 134 Å². The molecule has 2 aromatic carbocycles. The maximum atomic E-state index is 5.83. The number of pyridine rings is 1. The van der Waals surface area contributed by atoms with Gasteiger partial charge in [-0.2, -0.15) is 0 Å². The second-order valence-electron chi connectivity index (χ2n) is 5.24. The first kappa shape index (κ1) is 13.5. The van der Waals surface area contributed by atoms with E-state index in [1.54, 1.807) is 4.52 Å². The van der Waals surface area contributed by atoms with Crippen molar-refractivity contribution < 1.29 is 4.74 Å². The predicted octanol–water partition coefficient (Wildman–Crippen LogP) is 3.98. The summed E-state index contributed by atoms with van der Waals surface area (Å²) in [7, 11) is 0. The van der Waals surface area contributed by atoms with Gasteiger partial charge < -0.3 is 4.74 Å². The predicted molar refractivity (Wildman–Crippen MR) is 89.2 cm³/mol. The molecular weight excluding hydrogens is 286 g/mol. The molecule has 4 heteroatoms. The highest BCUT2D eigenvalue weighted by Gasteiger charge is 2.07. The Hall–Kier alpha value is -3.14. The first-order valence-corrected chi connectivity index (χ1v) is 7.47. The number of fused-ring (bicyclic) bond motifs is 1. The van der Waals surface area contributed by atoms with E-state index in [0.29, 0.717) is 12.4 Å². The fourth-order valence-corrected chi connectivity index (χ4v) is 2.40. The number of hydrogen-bond acceptors (Lipinski definition) is 3. The largest absolute Gasteiger partial charge is 0.489 e. The third-order valence-electron chi connectivity index (χ3n) is 3.59. The lowest BCUT2D eigenvalue weighted by Gasteiger charge is -2.05. The van der Waals surface area contributed by atoms with Gasteiger partial charge in [-0.25, -0.2) is 9.50 Å². The van der Waals surface area contributed by atoms with Gasteiger partial charge in [0, 0.05) is 17.8 Å². The molecule has 0 aliphatic rings. The van der Waals surface area contributed by atoms with Crippen LogP contribution in [0.25, 0.3) is 17.0 Å². The van der Waals surface area contributed by atoms with E-state index >= 15 is 0 Å². The second-order valence-corrected chi connectivity index (χ2v) is 5.24. The summed E-state index contributed by atoms with van der Waals surface area (Å²) in [5.41, 5.74) is 2.91. The molecule has 0 fully saturated rings. The highest BCUT2D eigenvalue weighted by Crippen LogP contribution is 2.19. The van der Waals surface area contributed by atoms with Crippen molar-refractivity contribution in [1.29, 1.82) is 0 Å². The van der Waals surface area contributed by atoms with Gasteiger partial charge in [-0.1, -0.05) is 60.7 Å². The molecule has 0 N–H and O–H groups in total. The Morgan fingerprint density at radius 3 is 2.39 bits per heavy atom. The van der Waals surface area contributed by atoms with Crippen LogP contribution in [0.1, 0.15) is 5.56 Å². The highest BCUT2D eigenvalue weighted by atomic mass is 16.5. The van der Waals surface area contributed by atoms with E-state index in [1.165, 1.54) is 0 Å². The topological polar surface area (TPSA) is 39.4 Å². The van der Waals surface area contributed by atoms with Crippen LogP contribution in [-0.4, -0.2) is 14.6 Å². The minimum Gasteiger partial charge on any atom is -0.489 e. The molecule has 0 radical (unpaired) electrons. The van der Waals surface area contributed by atoms with Gasteiger partial charge in [0.05, 0.1) is 0 Å². The van der Waals surface area contributed by atoms with Crippen LogP contribution in [0.5, 0.6) is 5.75 Å². The van der Waals surface area contributed by atoms with Crippen molar-refractivity contribution in [2.75, 3.05) is 0 Å². The van der Waals surface area contributed by atoms with Crippen LogP contribution < -0.4 is 4.74 Å². The van der Waals surface area contributed by atoms with Crippen LogP contribution in [0.4, 0.5) is 0 Å². The zero-order valence-corrected chi connectivity index (χ0v) is 12.5. The first-order valence-electron chi connectivity index (χ1n) is 7.47. The van der Waals surface area contributed by atoms with Gasteiger partial charge in [-0.15, -0.1) is 5.10 Å². The lowest BCUT2D eigenvalue weighted by Crippen LogP contribution is -1.96. The van der Waals surface area contributed by atoms with Gasteiger partial charge in [0.15, 0.2) is 11.5 Å². The smallest absolute Gasteiger partial charge is 0.182 e. The molecule has 4 aromatic rings.